The summed E-state index contributed by atoms with van der Waals surface area (Å²) in [5.74, 6) is 0. The van der Waals surface area contributed by atoms with Crippen LogP contribution >= 0.6 is 23.1 Å². The molecule has 4 heteroatoms. The number of nitrogen functional groups attached to an aromatic ring is 1. The van der Waals surface area contributed by atoms with Crippen molar-refractivity contribution in [2.75, 3.05) is 5.73 Å². The molecule has 7 aromatic rings. The average molecular weight is 933 g/mol. The second kappa shape index (κ2) is 24.7. The smallest absolute Gasteiger partial charge is 0.124 e. The summed E-state index contributed by atoms with van der Waals surface area (Å²) in [6.07, 6.45) is 33.0. The van der Waals surface area contributed by atoms with Crippen molar-refractivity contribution in [1.29, 1.82) is 0 Å². The third kappa shape index (κ3) is 12.6. The fourth-order valence-electron chi connectivity index (χ4n) is 10.2. The van der Waals surface area contributed by atoms with Crippen molar-refractivity contribution in [2.45, 2.75) is 140 Å². The number of thiazole rings is 1. The molecule has 0 aliphatic heterocycles. The van der Waals surface area contributed by atoms with Crippen LogP contribution in [0.15, 0.2) is 145 Å². The summed E-state index contributed by atoms with van der Waals surface area (Å²) in [6.45, 7) is 9.00. The van der Waals surface area contributed by atoms with Crippen molar-refractivity contribution in [2.24, 2.45) is 0 Å². The van der Waals surface area contributed by atoms with Crippen LogP contribution in [-0.2, 0) is 5.41 Å². The third-order valence-corrected chi connectivity index (χ3v) is 16.3. The van der Waals surface area contributed by atoms with E-state index >= 15 is 0 Å². The van der Waals surface area contributed by atoms with Crippen molar-refractivity contribution in [1.82, 2.24) is 4.98 Å². The number of para-hydroxylation sites is 2. The number of hydrogen-bond donors (Lipinski definition) is 1. The monoisotopic (exact) mass is 933 g/mol. The largest absolute Gasteiger partial charge is 0.398 e. The van der Waals surface area contributed by atoms with Crippen molar-refractivity contribution in [3.63, 3.8) is 0 Å². The fourth-order valence-corrected chi connectivity index (χ4v) is 12.0. The average Bonchev–Trinajstić information content (AvgIpc) is 3.92. The molecule has 8 rings (SSSR count). The second-order valence-corrected chi connectivity index (χ2v) is 21.3. The van der Waals surface area contributed by atoms with Crippen LogP contribution in [0.25, 0.3) is 61.1 Å². The molecule has 6 aromatic carbocycles. The molecule has 0 atom stereocenters. The van der Waals surface area contributed by atoms with Crippen LogP contribution in [0.4, 0.5) is 5.69 Å². The molecule has 1 heterocycles. The number of fused-ring (bicyclic) bond motifs is 4. The van der Waals surface area contributed by atoms with Crippen LogP contribution < -0.4 is 5.73 Å². The maximum atomic E-state index is 6.24. The van der Waals surface area contributed by atoms with Crippen molar-refractivity contribution < 1.29 is 0 Å². The number of unbranched alkanes of at least 4 members (excludes halogenated alkanes) is 14. The molecule has 0 unspecified atom stereocenters. The van der Waals surface area contributed by atoms with E-state index in [4.69, 9.17) is 10.7 Å². The van der Waals surface area contributed by atoms with E-state index in [2.05, 4.69) is 160 Å². The van der Waals surface area contributed by atoms with Gasteiger partial charge in [0.2, 0.25) is 0 Å². The second-order valence-electron chi connectivity index (χ2n) is 19.1. The number of aromatic nitrogens is 1. The topological polar surface area (TPSA) is 38.9 Å². The number of nitrogens with two attached hydrogens (primary N) is 1. The van der Waals surface area contributed by atoms with Crippen LogP contribution in [0, 0.1) is 0 Å². The van der Waals surface area contributed by atoms with Crippen LogP contribution in [0.5, 0.6) is 0 Å². The van der Waals surface area contributed by atoms with Gasteiger partial charge in [-0.3, -0.25) is 0 Å². The highest BCUT2D eigenvalue weighted by molar-refractivity contribution is 8.08. The zero-order valence-corrected chi connectivity index (χ0v) is 42.4. The van der Waals surface area contributed by atoms with E-state index in [0.29, 0.717) is 0 Å². The first-order valence-electron chi connectivity index (χ1n) is 25.9. The molecule has 2 nitrogen and oxygen atoms in total. The Labute approximate surface area is 417 Å². The Morgan fingerprint density at radius 1 is 0.544 bits per heavy atom. The van der Waals surface area contributed by atoms with E-state index in [-0.39, 0.29) is 5.41 Å². The lowest BCUT2D eigenvalue weighted by atomic mass is 9.70. The van der Waals surface area contributed by atoms with Gasteiger partial charge in [0, 0.05) is 26.5 Å². The minimum Gasteiger partial charge on any atom is -0.398 e. The fraction of sp³-hybridized carbons (Fsp3) is 0.328. The zero-order valence-electron chi connectivity index (χ0n) is 40.8. The van der Waals surface area contributed by atoms with Crippen molar-refractivity contribution >= 4 is 68.2 Å². The van der Waals surface area contributed by atoms with E-state index in [0.717, 1.165) is 31.6 Å². The van der Waals surface area contributed by atoms with Gasteiger partial charge in [0.05, 0.1) is 10.2 Å². The maximum Gasteiger partial charge on any atom is 0.124 e. The van der Waals surface area contributed by atoms with Crippen molar-refractivity contribution in [3.8, 4) is 21.7 Å². The summed E-state index contributed by atoms with van der Waals surface area (Å²) in [5, 5.41) is 1.07. The number of thioether (sulfide) groups is 1. The first kappa shape index (κ1) is 49.0. The summed E-state index contributed by atoms with van der Waals surface area (Å²) in [4.78, 5) is 6.94. The molecular weight excluding hydrogens is 861 g/mol. The van der Waals surface area contributed by atoms with Gasteiger partial charge in [-0.05, 0) is 87.2 Å². The van der Waals surface area contributed by atoms with Crippen LogP contribution in [0.1, 0.15) is 168 Å². The molecule has 0 amide bonds. The third-order valence-electron chi connectivity index (χ3n) is 14.1. The number of rotatable bonds is 26. The Kier molecular flexibility index (Phi) is 17.8. The Balaban J connectivity index is 1.06. The van der Waals surface area contributed by atoms with Gasteiger partial charge in [-0.25, -0.2) is 4.98 Å². The molecule has 2 N–H and O–H groups in total. The predicted octanol–water partition coefficient (Wildman–Crippen LogP) is 20.0. The molecule has 68 heavy (non-hydrogen) atoms. The Bertz CT molecular complexity index is 2720. The molecule has 0 saturated heterocycles. The van der Waals surface area contributed by atoms with Crippen molar-refractivity contribution in [3.05, 3.63) is 179 Å². The number of anilines is 1. The van der Waals surface area contributed by atoms with Crippen LogP contribution in [-0.4, -0.2) is 4.98 Å². The maximum absolute atomic E-state index is 6.24. The lowest BCUT2D eigenvalue weighted by Crippen LogP contribution is -2.25. The van der Waals surface area contributed by atoms with Gasteiger partial charge in [-0.15, -0.1) is 11.3 Å². The standard InChI is InChI=1S/C64H72N2S2/c1-4-6-8-10-12-14-16-22-44-64(45-23-17-15-13-11-9-7-5-2)57-46-51(30-28-49-32-38-53(39-33-49)48(3)67-61-26-20-18-24-59(61)65)36-42-55(57)56-43-37-52(47-58(56)64)31-29-50-34-40-54(41-35-50)63-66-60-25-19-21-27-62(60)68-63/h18-21,24-43,46-47H,3-17,22-23,44-45,65H2,1-2H3/b30-28+,31-29+. The summed E-state index contributed by atoms with van der Waals surface area (Å²) in [6, 6.07) is 48.7. The Hall–Kier alpha value is -5.42. The molecule has 0 saturated carbocycles. The molecule has 1 aliphatic carbocycles. The SMILES string of the molecule is C=C(Sc1ccccc1N)c1ccc(/C=C/c2ccc3c(c2)C(CCCCCCCCCC)(CCCCCCCCCC)c2cc(/C=C/c4ccc(-c5nc6ccccc6s5)cc4)ccc2-3)cc1. The molecule has 0 fully saturated rings. The van der Waals surface area contributed by atoms with E-state index in [1.165, 1.54) is 165 Å². The van der Waals surface area contributed by atoms with Crippen LogP contribution in [0.3, 0.4) is 0 Å². The van der Waals surface area contributed by atoms with Gasteiger partial charge in [0.1, 0.15) is 5.01 Å². The quantitative estimate of drug-likeness (QED) is 0.0255. The Morgan fingerprint density at radius 2 is 1.01 bits per heavy atom. The number of benzene rings is 6. The zero-order chi connectivity index (χ0) is 47.0. The van der Waals surface area contributed by atoms with Gasteiger partial charge in [0.15, 0.2) is 0 Å². The van der Waals surface area contributed by atoms with E-state index < -0.39 is 0 Å². The highest BCUT2D eigenvalue weighted by Crippen LogP contribution is 2.55. The first-order valence-corrected chi connectivity index (χ1v) is 27.5. The molecule has 350 valence electrons. The van der Waals surface area contributed by atoms with Crippen LogP contribution in [0.2, 0.25) is 0 Å². The highest BCUT2D eigenvalue weighted by Gasteiger charge is 2.42. The molecule has 0 spiro atoms. The molecule has 0 radical (unpaired) electrons. The number of nitrogens with zero attached hydrogens (tertiary/aromatic N) is 1. The summed E-state index contributed by atoms with van der Waals surface area (Å²) in [5.41, 5.74) is 21.2. The van der Waals surface area contributed by atoms with Gasteiger partial charge in [-0.1, -0.05) is 268 Å². The molecular formula is C64H72N2S2. The van der Waals surface area contributed by atoms with Gasteiger partial charge >= 0.3 is 0 Å². The molecule has 0 bridgehead atoms. The van der Waals surface area contributed by atoms with E-state index in [1.807, 2.05) is 18.2 Å². The summed E-state index contributed by atoms with van der Waals surface area (Å²) in [7, 11) is 0. The summed E-state index contributed by atoms with van der Waals surface area (Å²) >= 11 is 3.39. The summed E-state index contributed by atoms with van der Waals surface area (Å²) < 4.78 is 1.23. The lowest BCUT2D eigenvalue weighted by molar-refractivity contribution is 0.397. The first-order chi connectivity index (χ1) is 33.4. The number of hydrogen-bond acceptors (Lipinski definition) is 4. The van der Waals surface area contributed by atoms with Gasteiger partial charge in [0.25, 0.3) is 0 Å². The van der Waals surface area contributed by atoms with Gasteiger partial charge < -0.3 is 5.73 Å². The van der Waals surface area contributed by atoms with E-state index in [1.54, 1.807) is 28.7 Å². The predicted molar refractivity (Wildman–Crippen MR) is 302 cm³/mol. The van der Waals surface area contributed by atoms with Gasteiger partial charge in [-0.2, -0.15) is 0 Å². The normalized spacial score (nSPS) is 12.9. The molecule has 1 aromatic heterocycles. The Morgan fingerprint density at radius 3 is 1.56 bits per heavy atom. The molecule has 1 aliphatic rings. The highest BCUT2D eigenvalue weighted by atomic mass is 32.2. The minimum atomic E-state index is -0.0104. The lowest BCUT2D eigenvalue weighted by Gasteiger charge is -2.33. The minimum absolute atomic E-state index is 0.0104. The van der Waals surface area contributed by atoms with E-state index in [9.17, 15) is 0 Å².